The molecule has 1 N–H and O–H groups in total. The summed E-state index contributed by atoms with van der Waals surface area (Å²) in [6.07, 6.45) is 7.22. The fourth-order valence-corrected chi connectivity index (χ4v) is 4.53. The van der Waals surface area contributed by atoms with Gasteiger partial charge in [0.1, 0.15) is 24.2 Å². The third kappa shape index (κ3) is 5.97. The van der Waals surface area contributed by atoms with Gasteiger partial charge in [-0.2, -0.15) is 0 Å². The van der Waals surface area contributed by atoms with E-state index in [1.54, 1.807) is 0 Å². The van der Waals surface area contributed by atoms with Crippen LogP contribution in [0.3, 0.4) is 0 Å². The molecule has 0 amide bonds. The van der Waals surface area contributed by atoms with Gasteiger partial charge in [-0.1, -0.05) is 30.3 Å². The van der Waals surface area contributed by atoms with Gasteiger partial charge in [0, 0.05) is 6.54 Å². The Morgan fingerprint density at radius 3 is 2.24 bits per heavy atom. The molecule has 0 spiro atoms. The van der Waals surface area contributed by atoms with E-state index in [1.165, 1.54) is 31.2 Å². The molecule has 2 fully saturated rings. The average molecular weight is 396 g/mol. The average Bonchev–Trinajstić information content (AvgIpc) is 3.27. The van der Waals surface area contributed by atoms with Crippen LogP contribution in [0.5, 0.6) is 11.5 Å². The number of hydrogen-bond donors (Lipinski definition) is 1. The molecule has 2 aromatic rings. The normalized spacial score (nSPS) is 19.9. The lowest BCUT2D eigenvalue weighted by Gasteiger charge is -2.33. The fourth-order valence-electron chi connectivity index (χ4n) is 4.53. The quantitative estimate of drug-likeness (QED) is 0.708. The molecule has 2 aliphatic rings. The first-order valence-electron chi connectivity index (χ1n) is 11.1. The van der Waals surface area contributed by atoms with Crippen molar-refractivity contribution in [2.24, 2.45) is 0 Å². The van der Waals surface area contributed by atoms with Crippen molar-refractivity contribution in [3.63, 3.8) is 0 Å². The van der Waals surface area contributed by atoms with Crippen molar-refractivity contribution in [1.29, 1.82) is 0 Å². The number of nitrogens with zero attached hydrogens (tertiary/aromatic N) is 1. The lowest BCUT2D eigenvalue weighted by molar-refractivity contribution is 0.0594. The topological polar surface area (TPSA) is 41.9 Å². The standard InChI is InChI=1S/C25H33NO3/c27-22(19-28-23-6-2-1-3-7-23)18-26-16-14-21(15-17-26)20-10-12-25(13-11-20)29-24-8-4-5-9-24/h1-3,6-7,10-13,21-22,24,27H,4-5,8-9,14-19H2. The van der Waals surface area contributed by atoms with E-state index in [4.69, 9.17) is 9.47 Å². The van der Waals surface area contributed by atoms with Crippen LogP contribution in [0.1, 0.15) is 50.0 Å². The maximum absolute atomic E-state index is 10.3. The van der Waals surface area contributed by atoms with Gasteiger partial charge in [0.05, 0.1) is 6.10 Å². The first kappa shape index (κ1) is 20.2. The minimum Gasteiger partial charge on any atom is -0.491 e. The molecule has 4 rings (SSSR count). The molecule has 1 atom stereocenters. The van der Waals surface area contributed by atoms with Crippen LogP contribution in [0.15, 0.2) is 54.6 Å². The first-order chi connectivity index (χ1) is 14.3. The third-order valence-electron chi connectivity index (χ3n) is 6.20. The van der Waals surface area contributed by atoms with Gasteiger partial charge >= 0.3 is 0 Å². The zero-order chi connectivity index (χ0) is 19.9. The van der Waals surface area contributed by atoms with Crippen LogP contribution in [0.4, 0.5) is 0 Å². The Morgan fingerprint density at radius 1 is 0.862 bits per heavy atom. The number of benzene rings is 2. The van der Waals surface area contributed by atoms with Gasteiger partial charge in [0.2, 0.25) is 0 Å². The van der Waals surface area contributed by atoms with E-state index in [1.807, 2.05) is 30.3 Å². The molecule has 1 heterocycles. The number of aliphatic hydroxyl groups is 1. The SMILES string of the molecule is OC(COc1ccccc1)CN1CCC(c2ccc(OC3CCCC3)cc2)CC1. The number of likely N-dealkylation sites (tertiary alicyclic amines) is 1. The summed E-state index contributed by atoms with van der Waals surface area (Å²) < 4.78 is 11.8. The summed E-state index contributed by atoms with van der Waals surface area (Å²) in [5.41, 5.74) is 1.41. The van der Waals surface area contributed by atoms with Crippen LogP contribution in [0.2, 0.25) is 0 Å². The maximum atomic E-state index is 10.3. The Morgan fingerprint density at radius 2 is 1.55 bits per heavy atom. The van der Waals surface area contributed by atoms with Gasteiger partial charge in [-0.25, -0.2) is 0 Å². The Hall–Kier alpha value is -2.04. The Balaban J connectivity index is 1.18. The molecule has 2 aromatic carbocycles. The molecule has 29 heavy (non-hydrogen) atoms. The van der Waals surface area contributed by atoms with Crippen LogP contribution < -0.4 is 9.47 Å². The van der Waals surface area contributed by atoms with E-state index < -0.39 is 6.10 Å². The smallest absolute Gasteiger partial charge is 0.119 e. The first-order valence-corrected chi connectivity index (χ1v) is 11.1. The summed E-state index contributed by atoms with van der Waals surface area (Å²) >= 11 is 0. The number of aliphatic hydroxyl groups excluding tert-OH is 1. The van der Waals surface area contributed by atoms with E-state index in [0.29, 0.717) is 25.2 Å². The predicted octanol–water partition coefficient (Wildman–Crippen LogP) is 4.63. The molecule has 0 bridgehead atoms. The molecule has 1 aliphatic carbocycles. The van der Waals surface area contributed by atoms with Crippen molar-refractivity contribution in [3.8, 4) is 11.5 Å². The number of hydrogen-bond acceptors (Lipinski definition) is 4. The minimum atomic E-state index is -0.459. The molecule has 0 aromatic heterocycles. The van der Waals surface area contributed by atoms with Crippen molar-refractivity contribution in [1.82, 2.24) is 4.90 Å². The number of piperidine rings is 1. The van der Waals surface area contributed by atoms with E-state index in [0.717, 1.165) is 37.4 Å². The monoisotopic (exact) mass is 395 g/mol. The largest absolute Gasteiger partial charge is 0.491 e. The van der Waals surface area contributed by atoms with E-state index >= 15 is 0 Å². The van der Waals surface area contributed by atoms with E-state index in [9.17, 15) is 5.11 Å². The van der Waals surface area contributed by atoms with Gasteiger partial charge in [-0.3, -0.25) is 0 Å². The summed E-state index contributed by atoms with van der Waals surface area (Å²) in [6, 6.07) is 18.5. The van der Waals surface area contributed by atoms with E-state index in [2.05, 4.69) is 29.2 Å². The Kier molecular flexibility index (Phi) is 7.07. The zero-order valence-corrected chi connectivity index (χ0v) is 17.2. The summed E-state index contributed by atoms with van der Waals surface area (Å²) in [5, 5.41) is 10.3. The van der Waals surface area contributed by atoms with Crippen molar-refractivity contribution in [2.75, 3.05) is 26.2 Å². The van der Waals surface area contributed by atoms with Crippen LogP contribution in [-0.2, 0) is 0 Å². The fraction of sp³-hybridized carbons (Fsp3) is 0.520. The maximum Gasteiger partial charge on any atom is 0.119 e. The lowest BCUT2D eigenvalue weighted by atomic mass is 9.89. The highest BCUT2D eigenvalue weighted by molar-refractivity contribution is 5.30. The molecule has 4 nitrogen and oxygen atoms in total. The molecule has 1 saturated carbocycles. The van der Waals surface area contributed by atoms with Gasteiger partial charge in [-0.15, -0.1) is 0 Å². The van der Waals surface area contributed by atoms with Crippen LogP contribution in [0, 0.1) is 0 Å². The predicted molar refractivity (Wildman–Crippen MR) is 116 cm³/mol. The highest BCUT2D eigenvalue weighted by Gasteiger charge is 2.23. The summed E-state index contributed by atoms with van der Waals surface area (Å²) in [4.78, 5) is 2.35. The number of para-hydroxylation sites is 1. The van der Waals surface area contributed by atoms with E-state index in [-0.39, 0.29) is 0 Å². The minimum absolute atomic E-state index is 0.340. The highest BCUT2D eigenvalue weighted by atomic mass is 16.5. The zero-order valence-electron chi connectivity index (χ0n) is 17.2. The Bertz CT molecular complexity index is 719. The van der Waals surface area contributed by atoms with Crippen LogP contribution in [0.25, 0.3) is 0 Å². The summed E-state index contributed by atoms with van der Waals surface area (Å²) in [5.74, 6) is 2.43. The Labute approximate surface area is 174 Å². The molecular formula is C25H33NO3. The van der Waals surface area contributed by atoms with Gasteiger partial charge in [0.15, 0.2) is 0 Å². The van der Waals surface area contributed by atoms with Crippen LogP contribution >= 0.6 is 0 Å². The number of ether oxygens (including phenoxy) is 2. The lowest BCUT2D eigenvalue weighted by Crippen LogP contribution is -2.40. The van der Waals surface area contributed by atoms with Crippen LogP contribution in [-0.4, -0.2) is 48.5 Å². The molecule has 1 saturated heterocycles. The second-order valence-corrected chi connectivity index (χ2v) is 8.45. The van der Waals surface area contributed by atoms with Crippen molar-refractivity contribution in [2.45, 2.75) is 56.7 Å². The second-order valence-electron chi connectivity index (χ2n) is 8.45. The van der Waals surface area contributed by atoms with Crippen molar-refractivity contribution < 1.29 is 14.6 Å². The van der Waals surface area contributed by atoms with Gasteiger partial charge in [-0.05, 0) is 87.4 Å². The molecule has 0 radical (unpaired) electrons. The van der Waals surface area contributed by atoms with Crippen molar-refractivity contribution >= 4 is 0 Å². The molecule has 156 valence electrons. The van der Waals surface area contributed by atoms with Gasteiger partial charge in [0.25, 0.3) is 0 Å². The van der Waals surface area contributed by atoms with Crippen molar-refractivity contribution in [3.05, 3.63) is 60.2 Å². The van der Waals surface area contributed by atoms with Gasteiger partial charge < -0.3 is 19.5 Å². The summed E-state index contributed by atoms with van der Waals surface area (Å²) in [7, 11) is 0. The summed E-state index contributed by atoms with van der Waals surface area (Å²) in [6.45, 7) is 3.06. The third-order valence-corrected chi connectivity index (χ3v) is 6.20. The second kappa shape index (κ2) is 10.1. The highest BCUT2D eigenvalue weighted by Crippen LogP contribution is 2.30. The molecule has 1 aliphatic heterocycles. The molecule has 4 heteroatoms. The number of β-amino-alcohol motifs (C(OH)–C–C–N with tert-alkyl or cyclic N) is 1. The number of rotatable bonds is 8. The molecule has 1 unspecified atom stereocenters. The molecular weight excluding hydrogens is 362 g/mol.